The molecule has 5 heteroatoms. The molecule has 0 saturated heterocycles. The van der Waals surface area contributed by atoms with Gasteiger partial charge in [-0.25, -0.2) is 0 Å². The minimum absolute atomic E-state index is 0.000829. The van der Waals surface area contributed by atoms with Crippen LogP contribution in [0.2, 0.25) is 0 Å². The van der Waals surface area contributed by atoms with Crippen LogP contribution in [0.5, 0.6) is 0 Å². The van der Waals surface area contributed by atoms with Crippen LogP contribution in [0.25, 0.3) is 44.2 Å². The van der Waals surface area contributed by atoms with E-state index in [1.54, 1.807) is 0 Å². The molecule has 0 atom stereocenters. The molecule has 0 bridgehead atoms. The van der Waals surface area contributed by atoms with Crippen molar-refractivity contribution in [1.82, 2.24) is 0 Å². The first kappa shape index (κ1) is 53.5. The summed E-state index contributed by atoms with van der Waals surface area (Å²) in [6.07, 6.45) is 0. The summed E-state index contributed by atoms with van der Waals surface area (Å²) in [5.74, 6) is 0. The molecular formula is C77H80BN3O. The summed E-state index contributed by atoms with van der Waals surface area (Å²) in [5.41, 5.74) is 27.4. The van der Waals surface area contributed by atoms with Crippen molar-refractivity contribution in [2.45, 2.75) is 150 Å². The maximum atomic E-state index is 7.25. The standard InChI is InChI=1S/C77H80BN3O/c1-72(2,3)47-22-31-52(32-23-47)79(53-33-24-48(25-34-53)73(4,5)6)56-39-40-57-59-44-60-61-45-62-58-20-18-19-21-68(58)82-71(62)70-69(61)78(65-42-51(76(13,14)15)30-41-66(65)80(70)54-35-26-49(27-36-54)74(7,8)9)81(55-37-28-50(29-38-55)75(10,11)12)67(60)46-64(59)77(16,17)63(57)43-56/h18-46H,1-17H3. The summed E-state index contributed by atoms with van der Waals surface area (Å²) in [7, 11) is 0. The number of anilines is 8. The Bertz CT molecular complexity index is 4120. The number of furan rings is 1. The first-order valence-electron chi connectivity index (χ1n) is 29.9. The topological polar surface area (TPSA) is 22.9 Å². The number of para-hydroxylation sites is 1. The zero-order valence-corrected chi connectivity index (χ0v) is 51.6. The molecule has 13 rings (SSSR count). The Balaban J connectivity index is 1.09. The Labute approximate surface area is 488 Å². The van der Waals surface area contributed by atoms with Crippen LogP contribution in [0, 0.1) is 0 Å². The molecule has 0 unspecified atom stereocenters. The molecule has 0 saturated carbocycles. The van der Waals surface area contributed by atoms with Crippen LogP contribution in [0.15, 0.2) is 180 Å². The predicted octanol–water partition coefficient (Wildman–Crippen LogP) is 20.6. The van der Waals surface area contributed by atoms with Gasteiger partial charge < -0.3 is 19.0 Å². The zero-order valence-electron chi connectivity index (χ0n) is 51.6. The van der Waals surface area contributed by atoms with Crippen LogP contribution in [-0.2, 0) is 32.5 Å². The minimum atomic E-state index is -0.342. The van der Waals surface area contributed by atoms with Gasteiger partial charge in [-0.1, -0.05) is 203 Å². The Hall–Kier alpha value is -7.76. The Morgan fingerprint density at radius 1 is 0.402 bits per heavy atom. The third-order valence-corrected chi connectivity index (χ3v) is 18.4. The minimum Gasteiger partial charge on any atom is -0.454 e. The van der Waals surface area contributed by atoms with Crippen molar-refractivity contribution < 1.29 is 4.42 Å². The van der Waals surface area contributed by atoms with Gasteiger partial charge in [-0.3, -0.25) is 0 Å². The van der Waals surface area contributed by atoms with Crippen LogP contribution in [-0.4, -0.2) is 6.85 Å². The lowest BCUT2D eigenvalue weighted by molar-refractivity contribution is 0.590. The van der Waals surface area contributed by atoms with E-state index in [-0.39, 0.29) is 39.3 Å². The van der Waals surface area contributed by atoms with E-state index < -0.39 is 0 Å². The van der Waals surface area contributed by atoms with E-state index in [4.69, 9.17) is 4.42 Å². The molecule has 0 radical (unpaired) electrons. The normalized spacial score (nSPS) is 14.7. The first-order chi connectivity index (χ1) is 38.6. The van der Waals surface area contributed by atoms with E-state index in [0.29, 0.717) is 0 Å². The smallest absolute Gasteiger partial charge is 0.333 e. The lowest BCUT2D eigenvalue weighted by atomic mass is 9.43. The van der Waals surface area contributed by atoms with Gasteiger partial charge >= 0.3 is 6.85 Å². The maximum Gasteiger partial charge on any atom is 0.333 e. The van der Waals surface area contributed by atoms with Crippen LogP contribution in [0.3, 0.4) is 0 Å². The van der Waals surface area contributed by atoms with Crippen molar-refractivity contribution in [1.29, 1.82) is 0 Å². The number of fused-ring (bicyclic) bond motifs is 11. The number of hydrogen-bond acceptors (Lipinski definition) is 4. The summed E-state index contributed by atoms with van der Waals surface area (Å²) in [6, 6.07) is 68.1. The van der Waals surface area contributed by atoms with Crippen molar-refractivity contribution in [2.24, 2.45) is 0 Å². The molecular weight excluding hydrogens is 994 g/mol. The van der Waals surface area contributed by atoms with Gasteiger partial charge in [0.25, 0.3) is 0 Å². The molecule has 82 heavy (non-hydrogen) atoms. The van der Waals surface area contributed by atoms with Crippen LogP contribution in [0.1, 0.15) is 157 Å². The number of benzene rings is 9. The highest BCUT2D eigenvalue weighted by molar-refractivity contribution is 6.94. The van der Waals surface area contributed by atoms with Gasteiger partial charge in [0.15, 0.2) is 5.58 Å². The second kappa shape index (κ2) is 18.1. The maximum absolute atomic E-state index is 7.25. The van der Waals surface area contributed by atoms with E-state index in [0.717, 1.165) is 56.1 Å². The van der Waals surface area contributed by atoms with Gasteiger partial charge in [-0.15, -0.1) is 0 Å². The molecule has 2 aliphatic heterocycles. The molecule has 0 fully saturated rings. The summed E-state index contributed by atoms with van der Waals surface area (Å²) in [4.78, 5) is 7.69. The van der Waals surface area contributed by atoms with Gasteiger partial charge in [0.05, 0.1) is 5.69 Å². The monoisotopic (exact) mass is 1070 g/mol. The summed E-state index contributed by atoms with van der Waals surface area (Å²) >= 11 is 0. The Morgan fingerprint density at radius 3 is 1.44 bits per heavy atom. The average Bonchev–Trinajstić information content (AvgIpc) is 1.58. The summed E-state index contributed by atoms with van der Waals surface area (Å²) < 4.78 is 7.25. The van der Waals surface area contributed by atoms with Crippen LogP contribution >= 0.6 is 0 Å². The fourth-order valence-corrected chi connectivity index (χ4v) is 13.5. The highest BCUT2D eigenvalue weighted by atomic mass is 16.3. The van der Waals surface area contributed by atoms with Gasteiger partial charge in [-0.05, 0) is 185 Å². The number of rotatable bonds is 5. The van der Waals surface area contributed by atoms with Gasteiger partial charge in [0.2, 0.25) is 0 Å². The van der Waals surface area contributed by atoms with E-state index in [2.05, 4.69) is 308 Å². The van der Waals surface area contributed by atoms with Crippen molar-refractivity contribution in [2.75, 3.05) is 14.6 Å². The largest absolute Gasteiger partial charge is 0.454 e. The summed E-state index contributed by atoms with van der Waals surface area (Å²) in [6.45, 7) is 39.3. The molecule has 0 amide bonds. The van der Waals surface area contributed by atoms with Gasteiger partial charge in [-0.2, -0.15) is 0 Å². The van der Waals surface area contributed by atoms with E-state index in [1.807, 2.05) is 0 Å². The third kappa shape index (κ3) is 8.54. The van der Waals surface area contributed by atoms with Crippen molar-refractivity contribution >= 4 is 85.2 Å². The molecule has 1 aromatic heterocycles. The lowest BCUT2D eigenvalue weighted by Gasteiger charge is -2.46. The molecule has 412 valence electrons. The molecule has 1 aliphatic carbocycles. The quantitative estimate of drug-likeness (QED) is 0.160. The molecule has 4 nitrogen and oxygen atoms in total. The predicted molar refractivity (Wildman–Crippen MR) is 353 cm³/mol. The molecule has 0 N–H and O–H groups in total. The van der Waals surface area contributed by atoms with E-state index >= 15 is 0 Å². The zero-order chi connectivity index (χ0) is 58.0. The Kier molecular flexibility index (Phi) is 11.8. The second-order valence-corrected chi connectivity index (χ2v) is 29.6. The highest BCUT2D eigenvalue weighted by Crippen LogP contribution is 2.57. The average molecular weight is 1070 g/mol. The third-order valence-electron chi connectivity index (χ3n) is 18.4. The highest BCUT2D eigenvalue weighted by Gasteiger charge is 2.49. The summed E-state index contributed by atoms with van der Waals surface area (Å²) in [5, 5.41) is 2.25. The second-order valence-electron chi connectivity index (χ2n) is 29.6. The van der Waals surface area contributed by atoms with Crippen molar-refractivity contribution in [3.63, 3.8) is 0 Å². The molecule has 0 spiro atoms. The molecule has 3 heterocycles. The number of hydrogen-bond donors (Lipinski definition) is 0. The molecule has 3 aliphatic rings. The molecule has 9 aromatic carbocycles. The van der Waals surface area contributed by atoms with Crippen molar-refractivity contribution in [3.05, 3.63) is 215 Å². The first-order valence-corrected chi connectivity index (χ1v) is 29.9. The fourth-order valence-electron chi connectivity index (χ4n) is 13.5. The lowest BCUT2D eigenvalue weighted by Crippen LogP contribution is -2.61. The van der Waals surface area contributed by atoms with Gasteiger partial charge in [0, 0.05) is 61.6 Å². The SMILES string of the molecule is CC(C)(C)c1ccc(N2B3c4cc(C(C)(C)C)ccc4N(c4ccc(C(C)(C)C)cc4)c4c3c(cc3c4oc4ccccc43)-c3cc4c(cc32)C(C)(C)c2cc(N(c3ccc(C(C)(C)C)cc3)c3ccc(C(C)(C)C)cc3)ccc2-4)cc1. The fraction of sp³-hybridized carbons (Fsp3) is 0.299. The van der Waals surface area contributed by atoms with E-state index in [1.165, 1.54) is 83.5 Å². The Morgan fingerprint density at radius 2 is 0.890 bits per heavy atom. The molecule has 10 aromatic rings. The van der Waals surface area contributed by atoms with Crippen LogP contribution < -0.4 is 25.5 Å². The van der Waals surface area contributed by atoms with Crippen molar-refractivity contribution in [3.8, 4) is 22.3 Å². The number of nitrogens with zero attached hydrogens (tertiary/aromatic N) is 3. The van der Waals surface area contributed by atoms with Gasteiger partial charge in [0.1, 0.15) is 5.58 Å². The van der Waals surface area contributed by atoms with Crippen LogP contribution in [0.4, 0.5) is 45.5 Å². The van der Waals surface area contributed by atoms with E-state index in [9.17, 15) is 0 Å².